The van der Waals surface area contributed by atoms with E-state index in [-0.39, 0.29) is 0 Å². The summed E-state index contributed by atoms with van der Waals surface area (Å²) in [7, 11) is -1.52. The molecule has 0 aliphatic carbocycles. The molecule has 1 aromatic carbocycles. The van der Waals surface area contributed by atoms with Gasteiger partial charge in [-0.3, -0.25) is 0 Å². The summed E-state index contributed by atoms with van der Waals surface area (Å²) in [5, 5.41) is 0. The molecule has 0 saturated carbocycles. The van der Waals surface area contributed by atoms with Gasteiger partial charge in [-0.2, -0.15) is 0 Å². The standard InChI is InChI=1S/C19H22N4O2S/c1-22-11-4-5-15-7-8-17(13-18(15)22)26(24,25)20-10-9-16-14-23-12-3-2-6-19(23)21-16/h2-3,6-8,12-14,20H,4-5,9-11H2,1H3. The minimum absolute atomic E-state index is 0.319. The Labute approximate surface area is 153 Å². The zero-order valence-corrected chi connectivity index (χ0v) is 15.5. The molecule has 4 rings (SSSR count). The fraction of sp³-hybridized carbons (Fsp3) is 0.316. The van der Waals surface area contributed by atoms with Gasteiger partial charge in [0, 0.05) is 44.6 Å². The second-order valence-corrected chi connectivity index (χ2v) is 8.43. The maximum atomic E-state index is 12.6. The lowest BCUT2D eigenvalue weighted by molar-refractivity contribution is 0.581. The average molecular weight is 370 g/mol. The first-order valence-corrected chi connectivity index (χ1v) is 10.3. The van der Waals surface area contributed by atoms with Gasteiger partial charge in [-0.1, -0.05) is 12.1 Å². The number of nitrogens with one attached hydrogen (secondary N) is 1. The van der Waals surface area contributed by atoms with Gasteiger partial charge in [0.15, 0.2) is 0 Å². The van der Waals surface area contributed by atoms with Crippen LogP contribution in [0.15, 0.2) is 53.7 Å². The summed E-state index contributed by atoms with van der Waals surface area (Å²) < 4.78 is 29.9. The highest BCUT2D eigenvalue weighted by molar-refractivity contribution is 7.89. The van der Waals surface area contributed by atoms with Gasteiger partial charge in [0.2, 0.25) is 10.0 Å². The van der Waals surface area contributed by atoms with E-state index in [1.807, 2.05) is 48.1 Å². The third-order valence-electron chi connectivity index (χ3n) is 4.81. The van der Waals surface area contributed by atoms with Gasteiger partial charge >= 0.3 is 0 Å². The van der Waals surface area contributed by atoms with Crippen molar-refractivity contribution < 1.29 is 8.42 Å². The fourth-order valence-electron chi connectivity index (χ4n) is 3.41. The van der Waals surface area contributed by atoms with Crippen molar-refractivity contribution in [2.24, 2.45) is 0 Å². The Bertz CT molecular complexity index is 1010. The fourth-order valence-corrected chi connectivity index (χ4v) is 4.46. The van der Waals surface area contributed by atoms with Gasteiger partial charge in [-0.25, -0.2) is 18.1 Å². The molecule has 0 unspecified atom stereocenters. The van der Waals surface area contributed by atoms with Crippen molar-refractivity contribution in [1.82, 2.24) is 14.1 Å². The smallest absolute Gasteiger partial charge is 0.240 e. The first kappa shape index (κ1) is 17.1. The summed E-state index contributed by atoms with van der Waals surface area (Å²) >= 11 is 0. The van der Waals surface area contributed by atoms with Crippen molar-refractivity contribution in [3.05, 3.63) is 60.0 Å². The van der Waals surface area contributed by atoms with Crippen LogP contribution in [0.2, 0.25) is 0 Å². The second-order valence-electron chi connectivity index (χ2n) is 6.66. The van der Waals surface area contributed by atoms with Crippen LogP contribution < -0.4 is 9.62 Å². The average Bonchev–Trinajstić information content (AvgIpc) is 3.04. The maximum absolute atomic E-state index is 12.6. The molecule has 1 aliphatic heterocycles. The monoisotopic (exact) mass is 370 g/mol. The van der Waals surface area contributed by atoms with Crippen LogP contribution in [0.25, 0.3) is 5.65 Å². The Morgan fingerprint density at radius 1 is 1.23 bits per heavy atom. The van der Waals surface area contributed by atoms with Crippen LogP contribution in [0, 0.1) is 0 Å². The molecule has 0 radical (unpaired) electrons. The van der Waals surface area contributed by atoms with Crippen LogP contribution in [0.3, 0.4) is 0 Å². The molecule has 2 aromatic heterocycles. The van der Waals surface area contributed by atoms with Gasteiger partial charge in [0.05, 0.1) is 10.6 Å². The number of aromatic nitrogens is 2. The van der Waals surface area contributed by atoms with Gasteiger partial charge in [0.1, 0.15) is 5.65 Å². The summed E-state index contributed by atoms with van der Waals surface area (Å²) in [6.45, 7) is 1.27. The summed E-state index contributed by atoms with van der Waals surface area (Å²) in [5.41, 5.74) is 3.95. The number of aryl methyl sites for hydroxylation is 1. The summed E-state index contributed by atoms with van der Waals surface area (Å²) in [4.78, 5) is 6.93. The molecule has 0 spiro atoms. The van der Waals surface area contributed by atoms with E-state index in [1.165, 1.54) is 5.56 Å². The minimum atomic E-state index is -3.53. The first-order chi connectivity index (χ1) is 12.5. The zero-order chi connectivity index (χ0) is 18.1. The Kier molecular flexibility index (Phi) is 4.42. The molecular weight excluding hydrogens is 348 g/mol. The van der Waals surface area contributed by atoms with Gasteiger partial charge in [-0.15, -0.1) is 0 Å². The normalized spacial score (nSPS) is 14.6. The third-order valence-corrected chi connectivity index (χ3v) is 6.26. The molecule has 0 saturated heterocycles. The minimum Gasteiger partial charge on any atom is -0.374 e. The van der Waals surface area contributed by atoms with E-state index in [1.54, 1.807) is 12.1 Å². The van der Waals surface area contributed by atoms with Crippen LogP contribution in [0.1, 0.15) is 17.7 Å². The number of hydrogen-bond acceptors (Lipinski definition) is 4. The molecule has 1 aliphatic rings. The van der Waals surface area contributed by atoms with E-state index in [2.05, 4.69) is 14.6 Å². The molecule has 26 heavy (non-hydrogen) atoms. The quantitative estimate of drug-likeness (QED) is 0.748. The predicted octanol–water partition coefficient (Wildman–Crippen LogP) is 2.24. The Balaban J connectivity index is 1.46. The lowest BCUT2D eigenvalue weighted by Crippen LogP contribution is -2.28. The molecule has 136 valence electrons. The van der Waals surface area contributed by atoms with E-state index >= 15 is 0 Å². The molecule has 3 aromatic rings. The third kappa shape index (κ3) is 3.32. The molecule has 6 nitrogen and oxygen atoms in total. The van der Waals surface area contributed by atoms with Crippen molar-refractivity contribution in [3.8, 4) is 0 Å². The highest BCUT2D eigenvalue weighted by Crippen LogP contribution is 2.28. The lowest BCUT2D eigenvalue weighted by atomic mass is 10.0. The Hall–Kier alpha value is -2.38. The van der Waals surface area contributed by atoms with Gasteiger partial charge in [0.25, 0.3) is 0 Å². The number of anilines is 1. The Morgan fingerprint density at radius 2 is 2.12 bits per heavy atom. The maximum Gasteiger partial charge on any atom is 0.240 e. The van der Waals surface area contributed by atoms with Crippen LogP contribution in [-0.4, -0.2) is 37.9 Å². The number of hydrogen-bond donors (Lipinski definition) is 1. The van der Waals surface area contributed by atoms with Gasteiger partial charge < -0.3 is 9.30 Å². The lowest BCUT2D eigenvalue weighted by Gasteiger charge is -2.27. The van der Waals surface area contributed by atoms with Gasteiger partial charge in [-0.05, 0) is 42.7 Å². The molecule has 0 amide bonds. The summed E-state index contributed by atoms with van der Waals surface area (Å²) in [6, 6.07) is 11.2. The number of fused-ring (bicyclic) bond motifs is 2. The second kappa shape index (κ2) is 6.74. The number of sulfonamides is 1. The molecule has 0 bridgehead atoms. The van der Waals surface area contributed by atoms with Crippen molar-refractivity contribution in [2.45, 2.75) is 24.2 Å². The van der Waals surface area contributed by atoms with E-state index < -0.39 is 10.0 Å². The molecule has 3 heterocycles. The molecule has 1 N–H and O–H groups in total. The molecule has 7 heteroatoms. The van der Waals surface area contributed by atoms with E-state index in [4.69, 9.17) is 0 Å². The number of pyridine rings is 1. The van der Waals surface area contributed by atoms with Crippen molar-refractivity contribution in [1.29, 1.82) is 0 Å². The molecule has 0 fully saturated rings. The highest BCUT2D eigenvalue weighted by Gasteiger charge is 2.19. The number of nitrogens with zero attached hydrogens (tertiary/aromatic N) is 3. The van der Waals surface area contributed by atoms with E-state index in [0.29, 0.717) is 17.9 Å². The highest BCUT2D eigenvalue weighted by atomic mass is 32.2. The summed E-state index contributed by atoms with van der Waals surface area (Å²) in [6.07, 6.45) is 6.51. The van der Waals surface area contributed by atoms with E-state index in [0.717, 1.165) is 36.4 Å². The van der Waals surface area contributed by atoms with Crippen LogP contribution in [-0.2, 0) is 22.9 Å². The van der Waals surface area contributed by atoms with Crippen LogP contribution in [0.5, 0.6) is 0 Å². The largest absolute Gasteiger partial charge is 0.374 e. The predicted molar refractivity (Wildman–Crippen MR) is 102 cm³/mol. The van der Waals surface area contributed by atoms with E-state index in [9.17, 15) is 8.42 Å². The van der Waals surface area contributed by atoms with Crippen LogP contribution >= 0.6 is 0 Å². The molecule has 0 atom stereocenters. The summed E-state index contributed by atoms with van der Waals surface area (Å²) in [5.74, 6) is 0. The van der Waals surface area contributed by atoms with Crippen molar-refractivity contribution in [3.63, 3.8) is 0 Å². The topological polar surface area (TPSA) is 66.7 Å². The van der Waals surface area contributed by atoms with Crippen molar-refractivity contribution >= 4 is 21.4 Å². The number of imidazole rings is 1. The zero-order valence-electron chi connectivity index (χ0n) is 14.7. The van der Waals surface area contributed by atoms with Crippen molar-refractivity contribution in [2.75, 3.05) is 25.0 Å². The number of rotatable bonds is 5. The Morgan fingerprint density at radius 3 is 2.96 bits per heavy atom. The SMILES string of the molecule is CN1CCCc2ccc(S(=O)(=O)NCCc3cn4ccccc4n3)cc21. The van der Waals surface area contributed by atoms with Crippen LogP contribution in [0.4, 0.5) is 5.69 Å². The first-order valence-electron chi connectivity index (χ1n) is 8.79. The molecular formula is C19H22N4O2S. The number of benzene rings is 1.